The van der Waals surface area contributed by atoms with E-state index in [-0.39, 0.29) is 59.1 Å². The first-order valence-electron chi connectivity index (χ1n) is 9.59. The number of nitrogens with two attached hydrogens (primary N) is 2. The second kappa shape index (κ2) is 11.7. The number of H-pyrrole nitrogens is 1. The molecule has 34 heavy (non-hydrogen) atoms. The number of hydrogen-bond donors (Lipinski definition) is 4. The van der Waals surface area contributed by atoms with Crippen LogP contribution in [0, 0.1) is 11.6 Å². The highest BCUT2D eigenvalue weighted by molar-refractivity contribution is 9.10. The molecule has 1 heterocycles. The van der Waals surface area contributed by atoms with Crippen molar-refractivity contribution >= 4 is 40.2 Å². The Morgan fingerprint density at radius 2 is 1.88 bits per heavy atom. The fourth-order valence-corrected chi connectivity index (χ4v) is 3.47. The Bertz CT molecular complexity index is 1290. The van der Waals surface area contributed by atoms with E-state index in [0.29, 0.717) is 11.1 Å². The zero-order valence-corrected chi connectivity index (χ0v) is 19.9. The first-order valence-corrected chi connectivity index (χ1v) is 10.4. The van der Waals surface area contributed by atoms with Gasteiger partial charge in [-0.25, -0.2) is 8.78 Å². The third kappa shape index (κ3) is 6.19. The van der Waals surface area contributed by atoms with Gasteiger partial charge in [-0.05, 0) is 45.8 Å². The summed E-state index contributed by atoms with van der Waals surface area (Å²) in [7, 11) is 0. The summed E-state index contributed by atoms with van der Waals surface area (Å²) in [5.74, 6) is -2.67. The molecule has 0 spiro atoms. The average molecular weight is 558 g/mol. The molecular weight excluding hydrogens is 538 g/mol. The van der Waals surface area contributed by atoms with Gasteiger partial charge in [0.25, 0.3) is 5.56 Å². The molecule has 0 unspecified atom stereocenters. The van der Waals surface area contributed by atoms with Crippen LogP contribution >= 0.6 is 28.3 Å². The molecule has 8 nitrogen and oxygen atoms in total. The summed E-state index contributed by atoms with van der Waals surface area (Å²) in [5.41, 5.74) is 11.4. The average Bonchev–Trinajstić information content (AvgIpc) is 2.79. The van der Waals surface area contributed by atoms with Crippen LogP contribution in [0.5, 0.6) is 5.75 Å². The molecule has 0 aliphatic heterocycles. The van der Waals surface area contributed by atoms with Gasteiger partial charge in [-0.2, -0.15) is 0 Å². The lowest BCUT2D eigenvalue weighted by molar-refractivity contribution is -0.119. The van der Waals surface area contributed by atoms with Crippen molar-refractivity contribution in [3.63, 3.8) is 0 Å². The van der Waals surface area contributed by atoms with Gasteiger partial charge in [-0.3, -0.25) is 14.4 Å². The molecule has 1 aromatic heterocycles. The SMILES string of the molecule is Cl.NCC(=O)NCc1[nH]c(=O)c(Br)c(OCc2ccc(F)cc2F)c1-c1cccc(C(N)=O)c1. The minimum Gasteiger partial charge on any atom is -0.487 e. The second-order valence-electron chi connectivity index (χ2n) is 6.90. The molecular formula is C22H20BrClF2N4O4. The summed E-state index contributed by atoms with van der Waals surface area (Å²) in [6, 6.07) is 9.25. The number of aromatic nitrogens is 1. The van der Waals surface area contributed by atoms with E-state index in [2.05, 4.69) is 26.2 Å². The van der Waals surface area contributed by atoms with Gasteiger partial charge >= 0.3 is 0 Å². The van der Waals surface area contributed by atoms with Gasteiger partial charge in [0.05, 0.1) is 13.1 Å². The molecule has 2 amide bonds. The fraction of sp³-hybridized carbons (Fsp3) is 0.136. The van der Waals surface area contributed by atoms with Gasteiger partial charge in [0.1, 0.15) is 28.5 Å². The first kappa shape index (κ1) is 27.0. The summed E-state index contributed by atoms with van der Waals surface area (Å²) < 4.78 is 33.1. The maximum atomic E-state index is 14.1. The van der Waals surface area contributed by atoms with Crippen molar-refractivity contribution in [3.8, 4) is 16.9 Å². The number of pyridine rings is 1. The number of halogens is 4. The van der Waals surface area contributed by atoms with Crippen LogP contribution in [0.4, 0.5) is 8.78 Å². The van der Waals surface area contributed by atoms with Crippen LogP contribution in [0.3, 0.4) is 0 Å². The van der Waals surface area contributed by atoms with E-state index in [9.17, 15) is 23.2 Å². The molecule has 0 aliphatic carbocycles. The summed E-state index contributed by atoms with van der Waals surface area (Å²) in [6.45, 7) is -0.707. The number of carbonyl (C=O) groups is 2. The number of primary amides is 1. The number of ether oxygens (including phenoxy) is 1. The Morgan fingerprint density at radius 3 is 2.53 bits per heavy atom. The molecule has 0 atom stereocenters. The van der Waals surface area contributed by atoms with Gasteiger partial charge in [-0.15, -0.1) is 12.4 Å². The van der Waals surface area contributed by atoms with E-state index in [1.54, 1.807) is 12.1 Å². The highest BCUT2D eigenvalue weighted by Gasteiger charge is 2.21. The lowest BCUT2D eigenvalue weighted by Gasteiger charge is -2.18. The van der Waals surface area contributed by atoms with Crippen LogP contribution in [0.25, 0.3) is 11.1 Å². The number of aromatic amines is 1. The van der Waals surface area contributed by atoms with Gasteiger partial charge in [0.2, 0.25) is 11.8 Å². The van der Waals surface area contributed by atoms with E-state index >= 15 is 0 Å². The number of carbonyl (C=O) groups excluding carboxylic acids is 2. The van der Waals surface area contributed by atoms with Gasteiger partial charge < -0.3 is 26.5 Å². The van der Waals surface area contributed by atoms with Gasteiger partial charge in [0.15, 0.2) is 0 Å². The molecule has 0 aliphatic rings. The largest absolute Gasteiger partial charge is 0.487 e. The van der Waals surface area contributed by atoms with E-state index in [1.807, 2.05) is 0 Å². The Balaban J connectivity index is 0.00000408. The minimum absolute atomic E-state index is 0. The number of nitrogens with one attached hydrogen (secondary N) is 2. The number of benzene rings is 2. The highest BCUT2D eigenvalue weighted by atomic mass is 79.9. The monoisotopic (exact) mass is 556 g/mol. The maximum Gasteiger partial charge on any atom is 0.266 e. The smallest absolute Gasteiger partial charge is 0.266 e. The summed E-state index contributed by atoms with van der Waals surface area (Å²) in [6.07, 6.45) is 0. The number of hydrogen-bond acceptors (Lipinski definition) is 5. The van der Waals surface area contributed by atoms with Crippen LogP contribution < -0.4 is 27.1 Å². The van der Waals surface area contributed by atoms with Crippen LogP contribution in [0.2, 0.25) is 0 Å². The lowest BCUT2D eigenvalue weighted by Crippen LogP contribution is -2.31. The molecule has 0 fully saturated rings. The Kier molecular flexibility index (Phi) is 9.30. The Morgan fingerprint density at radius 1 is 1.15 bits per heavy atom. The van der Waals surface area contributed by atoms with Crippen molar-refractivity contribution in [2.75, 3.05) is 6.54 Å². The van der Waals surface area contributed by atoms with Crippen molar-refractivity contribution in [1.82, 2.24) is 10.3 Å². The molecule has 12 heteroatoms. The Labute approximate surface area is 207 Å². The first-order chi connectivity index (χ1) is 15.7. The fourth-order valence-electron chi connectivity index (χ4n) is 3.05. The molecule has 3 aromatic rings. The molecule has 6 N–H and O–H groups in total. The highest BCUT2D eigenvalue weighted by Crippen LogP contribution is 2.37. The zero-order valence-electron chi connectivity index (χ0n) is 17.5. The topological polar surface area (TPSA) is 140 Å². The number of amides is 2. The summed E-state index contributed by atoms with van der Waals surface area (Å²) in [4.78, 5) is 38.6. The lowest BCUT2D eigenvalue weighted by atomic mass is 10.00. The third-order valence-electron chi connectivity index (χ3n) is 4.66. The van der Waals surface area contributed by atoms with Crippen molar-refractivity contribution in [1.29, 1.82) is 0 Å². The molecule has 0 saturated heterocycles. The minimum atomic E-state index is -0.816. The van der Waals surface area contributed by atoms with Gasteiger partial charge in [-0.1, -0.05) is 12.1 Å². The predicted octanol–water partition coefficient (Wildman–Crippen LogP) is 2.76. The third-order valence-corrected chi connectivity index (χ3v) is 5.38. The predicted molar refractivity (Wildman–Crippen MR) is 128 cm³/mol. The van der Waals surface area contributed by atoms with E-state index in [0.717, 1.165) is 12.1 Å². The second-order valence-corrected chi connectivity index (χ2v) is 7.69. The van der Waals surface area contributed by atoms with Crippen molar-refractivity contribution < 1.29 is 23.1 Å². The van der Waals surface area contributed by atoms with Gasteiger partial charge in [0, 0.05) is 28.5 Å². The molecule has 180 valence electrons. The van der Waals surface area contributed by atoms with E-state index in [1.165, 1.54) is 18.2 Å². The van der Waals surface area contributed by atoms with Crippen molar-refractivity contribution in [2.45, 2.75) is 13.2 Å². The standard InChI is InChI=1S/C22H19BrF2N4O4.ClH/c23-19-20(33-10-13-4-5-14(24)7-15(13)25)18(11-2-1-3-12(6-11)21(27)31)16(29-22(19)32)9-28-17(30)8-26;/h1-7H,8-10,26H2,(H2,27,31)(H,28,30)(H,29,32);1H. The van der Waals surface area contributed by atoms with Crippen LogP contribution in [-0.2, 0) is 17.9 Å². The molecule has 0 bridgehead atoms. The van der Waals surface area contributed by atoms with Crippen LogP contribution in [0.1, 0.15) is 21.6 Å². The Hall–Kier alpha value is -3.28. The quantitative estimate of drug-likeness (QED) is 0.337. The summed E-state index contributed by atoms with van der Waals surface area (Å²) >= 11 is 3.19. The van der Waals surface area contributed by atoms with E-state index in [4.69, 9.17) is 16.2 Å². The normalized spacial score (nSPS) is 10.4. The number of rotatable bonds is 8. The van der Waals surface area contributed by atoms with Crippen molar-refractivity contribution in [2.24, 2.45) is 11.5 Å². The molecule has 0 saturated carbocycles. The van der Waals surface area contributed by atoms with Crippen LogP contribution in [0.15, 0.2) is 51.7 Å². The van der Waals surface area contributed by atoms with E-state index < -0.39 is 29.0 Å². The zero-order chi connectivity index (χ0) is 24.1. The molecule has 2 aromatic carbocycles. The van der Waals surface area contributed by atoms with Crippen LogP contribution in [-0.4, -0.2) is 23.3 Å². The molecule has 3 rings (SSSR count). The summed E-state index contributed by atoms with van der Waals surface area (Å²) in [5, 5.41) is 2.56. The molecule has 0 radical (unpaired) electrons. The van der Waals surface area contributed by atoms with Crippen molar-refractivity contribution in [3.05, 3.63) is 85.7 Å². The maximum absolute atomic E-state index is 14.1.